The minimum absolute atomic E-state index is 0.0416. The van der Waals surface area contributed by atoms with Crippen molar-refractivity contribution in [2.75, 3.05) is 0 Å². The Kier molecular flexibility index (Phi) is 2.05. The lowest BCUT2D eigenvalue weighted by Crippen LogP contribution is -2.18. The van der Waals surface area contributed by atoms with Crippen LogP contribution in [0.4, 0.5) is 17.6 Å². The summed E-state index contributed by atoms with van der Waals surface area (Å²) < 4.78 is 51.4. The molecule has 0 aromatic heterocycles. The summed E-state index contributed by atoms with van der Waals surface area (Å²) in [6.07, 6.45) is -4.57. The van der Waals surface area contributed by atoms with Gasteiger partial charge in [0.05, 0.1) is 5.56 Å². The second kappa shape index (κ2) is 2.95. The molecule has 2 rings (SSSR count). The first-order valence-corrected chi connectivity index (χ1v) is 4.47. The Bertz CT molecular complexity index is 387. The molecule has 15 heavy (non-hydrogen) atoms. The SMILES string of the molecule is N[C@H]1C[C@]1(F)c1ccccc1C(F)(F)F. The van der Waals surface area contributed by atoms with Gasteiger partial charge in [-0.2, -0.15) is 13.2 Å². The first-order chi connectivity index (χ1) is 6.86. The standard InChI is InChI=1S/C10H9F4N/c11-9(5-8(9)15)6-3-1-2-4-7(6)10(12,13)14/h1-4,8H,5,15H2/t8-,9-/m0/s1. The van der Waals surface area contributed by atoms with Crippen LogP contribution < -0.4 is 5.73 Å². The van der Waals surface area contributed by atoms with Gasteiger partial charge in [0.1, 0.15) is 0 Å². The Morgan fingerprint density at radius 2 is 1.80 bits per heavy atom. The summed E-state index contributed by atoms with van der Waals surface area (Å²) in [5.74, 6) is 0. The first-order valence-electron chi connectivity index (χ1n) is 4.47. The van der Waals surface area contributed by atoms with Gasteiger partial charge >= 0.3 is 6.18 Å². The van der Waals surface area contributed by atoms with E-state index in [1.807, 2.05) is 0 Å². The molecule has 1 nitrogen and oxygen atoms in total. The molecule has 0 heterocycles. The van der Waals surface area contributed by atoms with E-state index in [-0.39, 0.29) is 12.0 Å². The largest absolute Gasteiger partial charge is 0.416 e. The zero-order valence-corrected chi connectivity index (χ0v) is 7.68. The maximum absolute atomic E-state index is 13.8. The highest BCUT2D eigenvalue weighted by molar-refractivity contribution is 5.40. The van der Waals surface area contributed by atoms with Gasteiger partial charge in [-0.1, -0.05) is 18.2 Å². The van der Waals surface area contributed by atoms with E-state index in [0.29, 0.717) is 0 Å². The molecule has 0 spiro atoms. The smallest absolute Gasteiger partial charge is 0.325 e. The van der Waals surface area contributed by atoms with Gasteiger partial charge in [-0.15, -0.1) is 0 Å². The van der Waals surface area contributed by atoms with Crippen LogP contribution in [-0.2, 0) is 11.8 Å². The lowest BCUT2D eigenvalue weighted by Gasteiger charge is -2.15. The van der Waals surface area contributed by atoms with Gasteiger partial charge in [-0.25, -0.2) is 4.39 Å². The minimum atomic E-state index is -4.53. The molecular formula is C10H9F4N. The molecule has 1 aliphatic rings. The number of alkyl halides is 4. The van der Waals surface area contributed by atoms with Gasteiger partial charge in [-0.05, 0) is 6.07 Å². The van der Waals surface area contributed by atoms with Crippen LogP contribution in [0.1, 0.15) is 17.5 Å². The highest BCUT2D eigenvalue weighted by atomic mass is 19.4. The highest BCUT2D eigenvalue weighted by Gasteiger charge is 2.57. The topological polar surface area (TPSA) is 26.0 Å². The predicted octanol–water partition coefficient (Wildman–Crippen LogP) is 2.60. The lowest BCUT2D eigenvalue weighted by molar-refractivity contribution is -0.139. The van der Waals surface area contributed by atoms with E-state index in [2.05, 4.69) is 0 Å². The fraction of sp³-hybridized carbons (Fsp3) is 0.400. The molecule has 0 saturated heterocycles. The highest BCUT2D eigenvalue weighted by Crippen LogP contribution is 2.51. The quantitative estimate of drug-likeness (QED) is 0.722. The summed E-state index contributed by atoms with van der Waals surface area (Å²) in [5, 5.41) is 0. The van der Waals surface area contributed by atoms with E-state index in [1.165, 1.54) is 12.1 Å². The summed E-state index contributed by atoms with van der Waals surface area (Å²) in [6.45, 7) is 0. The van der Waals surface area contributed by atoms with E-state index in [4.69, 9.17) is 5.73 Å². The van der Waals surface area contributed by atoms with Gasteiger partial charge in [0.15, 0.2) is 5.67 Å². The molecule has 1 saturated carbocycles. The fourth-order valence-electron chi connectivity index (χ4n) is 1.66. The average Bonchev–Trinajstić information content (AvgIpc) is 2.75. The van der Waals surface area contributed by atoms with Gasteiger partial charge in [-0.3, -0.25) is 0 Å². The molecule has 0 aliphatic heterocycles. The molecule has 0 bridgehead atoms. The van der Waals surface area contributed by atoms with Crippen LogP contribution in [-0.4, -0.2) is 6.04 Å². The molecule has 2 N–H and O–H groups in total. The van der Waals surface area contributed by atoms with Gasteiger partial charge in [0.25, 0.3) is 0 Å². The van der Waals surface area contributed by atoms with Crippen LogP contribution in [0.2, 0.25) is 0 Å². The summed E-state index contributed by atoms with van der Waals surface area (Å²) >= 11 is 0. The molecule has 1 fully saturated rings. The van der Waals surface area contributed by atoms with Gasteiger partial charge < -0.3 is 5.73 Å². The summed E-state index contributed by atoms with van der Waals surface area (Å²) in [5.41, 5.74) is 2.04. The Labute approximate surface area is 83.9 Å². The summed E-state index contributed by atoms with van der Waals surface area (Å²) in [7, 11) is 0. The molecule has 2 atom stereocenters. The van der Waals surface area contributed by atoms with Crippen molar-refractivity contribution in [1.29, 1.82) is 0 Å². The molecule has 5 heteroatoms. The van der Waals surface area contributed by atoms with Crippen LogP contribution in [0.15, 0.2) is 24.3 Å². The minimum Gasteiger partial charge on any atom is -0.325 e. The second-order valence-electron chi connectivity index (χ2n) is 3.72. The molecule has 82 valence electrons. The number of hydrogen-bond donors (Lipinski definition) is 1. The van der Waals surface area contributed by atoms with Crippen LogP contribution in [0.3, 0.4) is 0 Å². The van der Waals surface area contributed by atoms with E-state index in [1.54, 1.807) is 0 Å². The molecule has 0 amide bonds. The van der Waals surface area contributed by atoms with E-state index < -0.39 is 23.5 Å². The second-order valence-corrected chi connectivity index (χ2v) is 3.72. The number of benzene rings is 1. The summed E-state index contributed by atoms with van der Waals surface area (Å²) in [6, 6.07) is 3.83. The van der Waals surface area contributed by atoms with Crippen molar-refractivity contribution >= 4 is 0 Å². The number of rotatable bonds is 1. The maximum Gasteiger partial charge on any atom is 0.416 e. The van der Waals surface area contributed by atoms with Crippen LogP contribution >= 0.6 is 0 Å². The maximum atomic E-state index is 13.8. The van der Waals surface area contributed by atoms with Crippen molar-refractivity contribution in [3.8, 4) is 0 Å². The normalized spacial score (nSPS) is 30.3. The molecule has 0 unspecified atom stereocenters. The Balaban J connectivity index is 2.49. The Morgan fingerprint density at radius 1 is 1.27 bits per heavy atom. The van der Waals surface area contributed by atoms with Crippen LogP contribution in [0.25, 0.3) is 0 Å². The molecular weight excluding hydrogens is 210 g/mol. The van der Waals surface area contributed by atoms with Gasteiger partial charge in [0, 0.05) is 18.0 Å². The van der Waals surface area contributed by atoms with E-state index >= 15 is 0 Å². The van der Waals surface area contributed by atoms with Crippen LogP contribution in [0, 0.1) is 0 Å². The third-order valence-corrected chi connectivity index (χ3v) is 2.62. The monoisotopic (exact) mass is 219 g/mol. The third-order valence-electron chi connectivity index (χ3n) is 2.62. The number of hydrogen-bond acceptors (Lipinski definition) is 1. The lowest BCUT2D eigenvalue weighted by atomic mass is 10.0. The van der Waals surface area contributed by atoms with Crippen molar-refractivity contribution in [3.63, 3.8) is 0 Å². The molecule has 1 aromatic carbocycles. The Hall–Kier alpha value is -1.10. The predicted molar refractivity (Wildman–Crippen MR) is 46.8 cm³/mol. The van der Waals surface area contributed by atoms with E-state index in [0.717, 1.165) is 12.1 Å². The molecule has 1 aliphatic carbocycles. The van der Waals surface area contributed by atoms with Gasteiger partial charge in [0.2, 0.25) is 0 Å². The van der Waals surface area contributed by atoms with E-state index in [9.17, 15) is 17.6 Å². The number of halogens is 4. The zero-order chi connectivity index (χ0) is 11.3. The van der Waals surface area contributed by atoms with Crippen molar-refractivity contribution in [1.82, 2.24) is 0 Å². The Morgan fingerprint density at radius 3 is 2.27 bits per heavy atom. The average molecular weight is 219 g/mol. The van der Waals surface area contributed by atoms with Crippen molar-refractivity contribution < 1.29 is 17.6 Å². The van der Waals surface area contributed by atoms with Crippen molar-refractivity contribution in [2.45, 2.75) is 24.3 Å². The molecule has 0 radical (unpaired) electrons. The van der Waals surface area contributed by atoms with Crippen molar-refractivity contribution in [3.05, 3.63) is 35.4 Å². The van der Waals surface area contributed by atoms with Crippen LogP contribution in [0.5, 0.6) is 0 Å². The first kappa shape index (κ1) is 10.4. The zero-order valence-electron chi connectivity index (χ0n) is 7.68. The fourth-order valence-corrected chi connectivity index (χ4v) is 1.66. The summed E-state index contributed by atoms with van der Waals surface area (Å²) in [4.78, 5) is 0. The third kappa shape index (κ3) is 1.61. The number of nitrogens with two attached hydrogens (primary N) is 1. The molecule has 1 aromatic rings. The van der Waals surface area contributed by atoms with Crippen molar-refractivity contribution in [2.24, 2.45) is 5.73 Å².